The summed E-state index contributed by atoms with van der Waals surface area (Å²) in [4.78, 5) is 37.1. The van der Waals surface area contributed by atoms with E-state index in [1.165, 1.54) is 11.8 Å². The number of nitrogens with two attached hydrogens (primary N) is 1. The van der Waals surface area contributed by atoms with Crippen LogP contribution in [0.15, 0.2) is 0 Å². The molecule has 4 N–H and O–H groups in total. The molecule has 1 spiro atoms. The summed E-state index contributed by atoms with van der Waals surface area (Å²) in [5, 5.41) is 12.7. The van der Waals surface area contributed by atoms with Crippen LogP contribution in [0.4, 0.5) is 0 Å². The van der Waals surface area contributed by atoms with E-state index in [1.807, 2.05) is 13.8 Å². The lowest BCUT2D eigenvalue weighted by molar-refractivity contribution is -0.175. The number of nitrogens with one attached hydrogen (secondary N) is 1. The third-order valence-electron chi connectivity index (χ3n) is 5.09. The van der Waals surface area contributed by atoms with Crippen LogP contribution < -0.4 is 11.1 Å². The van der Waals surface area contributed by atoms with Gasteiger partial charge in [0.05, 0.1) is 11.5 Å². The number of nitrogens with zero attached hydrogens (tertiary/aromatic N) is 1. The molecule has 0 radical (unpaired) electrons. The summed E-state index contributed by atoms with van der Waals surface area (Å²) in [5.41, 5.74) is 4.85. The monoisotopic (exact) mass is 325 g/mol. The summed E-state index contributed by atoms with van der Waals surface area (Å²) in [7, 11) is 0. The third kappa shape index (κ3) is 3.34. The van der Waals surface area contributed by atoms with Gasteiger partial charge < -0.3 is 21.1 Å². The Balaban J connectivity index is 1.92. The maximum absolute atomic E-state index is 12.5. The van der Waals surface area contributed by atoms with E-state index < -0.39 is 23.5 Å². The molecule has 2 fully saturated rings. The highest BCUT2D eigenvalue weighted by atomic mass is 16.3. The minimum atomic E-state index is -0.976. The number of aliphatic hydroxyl groups excluding tert-OH is 1. The van der Waals surface area contributed by atoms with Crippen molar-refractivity contribution >= 4 is 17.7 Å². The molecule has 2 atom stereocenters. The van der Waals surface area contributed by atoms with Crippen LogP contribution in [0, 0.1) is 11.3 Å². The second kappa shape index (κ2) is 6.47. The van der Waals surface area contributed by atoms with E-state index in [2.05, 4.69) is 5.32 Å². The fraction of sp³-hybridized carbons (Fsp3) is 0.812. The first-order valence-electron chi connectivity index (χ1n) is 8.27. The first kappa shape index (κ1) is 17.7. The molecule has 7 heteroatoms. The SMILES string of the molecule is CC(C)C(=O)NC1CCC2(CC1)CN([C@H](C(N)=O)[C@@H](C)O)C2=O. The van der Waals surface area contributed by atoms with Crippen molar-refractivity contribution in [3.63, 3.8) is 0 Å². The summed E-state index contributed by atoms with van der Waals surface area (Å²) in [6.45, 7) is 5.63. The average molecular weight is 325 g/mol. The normalized spacial score (nSPS) is 30.0. The first-order valence-corrected chi connectivity index (χ1v) is 8.27. The Labute approximate surface area is 136 Å². The fourth-order valence-corrected chi connectivity index (χ4v) is 3.61. The smallest absolute Gasteiger partial charge is 0.242 e. The lowest BCUT2D eigenvalue weighted by Crippen LogP contribution is -2.69. The highest BCUT2D eigenvalue weighted by Crippen LogP contribution is 2.46. The molecule has 1 heterocycles. The second-order valence-corrected chi connectivity index (χ2v) is 7.24. The summed E-state index contributed by atoms with van der Waals surface area (Å²) < 4.78 is 0. The largest absolute Gasteiger partial charge is 0.391 e. The predicted molar refractivity (Wildman–Crippen MR) is 84.0 cm³/mol. The second-order valence-electron chi connectivity index (χ2n) is 7.24. The molecule has 2 rings (SSSR count). The molecule has 0 aromatic carbocycles. The van der Waals surface area contributed by atoms with Crippen LogP contribution in [-0.2, 0) is 14.4 Å². The number of carbonyl (C=O) groups is 3. The Morgan fingerprint density at radius 3 is 2.26 bits per heavy atom. The van der Waals surface area contributed by atoms with Gasteiger partial charge in [-0.05, 0) is 32.6 Å². The molecule has 1 saturated heterocycles. The predicted octanol–water partition coefficient (Wildman–Crippen LogP) is -0.235. The minimum absolute atomic E-state index is 0.0374. The summed E-state index contributed by atoms with van der Waals surface area (Å²) in [6, 6.07) is -0.840. The van der Waals surface area contributed by atoms with Crippen molar-refractivity contribution in [1.82, 2.24) is 10.2 Å². The van der Waals surface area contributed by atoms with Crippen LogP contribution in [0.25, 0.3) is 0 Å². The van der Waals surface area contributed by atoms with Crippen LogP contribution in [0.5, 0.6) is 0 Å². The molecule has 23 heavy (non-hydrogen) atoms. The topological polar surface area (TPSA) is 113 Å². The zero-order valence-electron chi connectivity index (χ0n) is 14.0. The van der Waals surface area contributed by atoms with E-state index in [0.717, 1.165) is 12.8 Å². The van der Waals surface area contributed by atoms with Gasteiger partial charge >= 0.3 is 0 Å². The Hall–Kier alpha value is -1.63. The van der Waals surface area contributed by atoms with Crippen LogP contribution in [0.3, 0.4) is 0 Å². The number of primary amides is 1. The van der Waals surface area contributed by atoms with Gasteiger partial charge in [-0.1, -0.05) is 13.8 Å². The number of rotatable bonds is 5. The lowest BCUT2D eigenvalue weighted by atomic mass is 9.66. The number of hydrogen-bond acceptors (Lipinski definition) is 4. The zero-order chi connectivity index (χ0) is 17.4. The molecule has 1 aliphatic heterocycles. The van der Waals surface area contributed by atoms with Crippen molar-refractivity contribution in [2.24, 2.45) is 17.1 Å². The third-order valence-corrected chi connectivity index (χ3v) is 5.09. The molecule has 0 aromatic rings. The van der Waals surface area contributed by atoms with Crippen molar-refractivity contribution < 1.29 is 19.5 Å². The molecule has 1 saturated carbocycles. The number of aliphatic hydroxyl groups is 1. The average Bonchev–Trinajstić information content (AvgIpc) is 2.47. The number of hydrogen-bond donors (Lipinski definition) is 3. The summed E-state index contributed by atoms with van der Waals surface area (Å²) in [6.07, 6.45) is 1.92. The lowest BCUT2D eigenvalue weighted by Gasteiger charge is -2.54. The van der Waals surface area contributed by atoms with Gasteiger partial charge in [0.2, 0.25) is 17.7 Å². The van der Waals surface area contributed by atoms with E-state index in [-0.39, 0.29) is 23.8 Å². The van der Waals surface area contributed by atoms with E-state index >= 15 is 0 Å². The molecule has 2 aliphatic rings. The highest BCUT2D eigenvalue weighted by Gasteiger charge is 2.56. The van der Waals surface area contributed by atoms with E-state index in [1.54, 1.807) is 0 Å². The Morgan fingerprint density at radius 2 is 1.87 bits per heavy atom. The first-order chi connectivity index (χ1) is 10.7. The fourth-order valence-electron chi connectivity index (χ4n) is 3.61. The maximum Gasteiger partial charge on any atom is 0.242 e. The van der Waals surface area contributed by atoms with Gasteiger partial charge in [-0.25, -0.2) is 0 Å². The van der Waals surface area contributed by atoms with Gasteiger partial charge in [0.1, 0.15) is 6.04 Å². The van der Waals surface area contributed by atoms with Gasteiger partial charge in [-0.3, -0.25) is 14.4 Å². The molecule has 0 unspecified atom stereocenters. The van der Waals surface area contributed by atoms with Crippen molar-refractivity contribution in [1.29, 1.82) is 0 Å². The van der Waals surface area contributed by atoms with Gasteiger partial charge in [-0.2, -0.15) is 0 Å². The van der Waals surface area contributed by atoms with Crippen LogP contribution >= 0.6 is 0 Å². The highest BCUT2D eigenvalue weighted by molar-refractivity contribution is 5.94. The van der Waals surface area contributed by atoms with Gasteiger partial charge in [0, 0.05) is 18.5 Å². The maximum atomic E-state index is 12.5. The number of amides is 3. The molecular formula is C16H27N3O4. The van der Waals surface area contributed by atoms with Gasteiger partial charge in [-0.15, -0.1) is 0 Å². The molecular weight excluding hydrogens is 298 g/mol. The number of β-lactam (4-membered cyclic amide) rings is 1. The minimum Gasteiger partial charge on any atom is -0.391 e. The molecule has 3 amide bonds. The van der Waals surface area contributed by atoms with Crippen LogP contribution in [0.2, 0.25) is 0 Å². The summed E-state index contributed by atoms with van der Waals surface area (Å²) in [5.74, 6) is -0.790. The quantitative estimate of drug-likeness (QED) is 0.606. The Morgan fingerprint density at radius 1 is 1.30 bits per heavy atom. The standard InChI is InChI=1S/C16H27N3O4/c1-9(2)14(22)18-11-4-6-16(7-5-11)8-19(15(16)23)12(10(3)20)13(17)21/h9-12,20H,4-8H2,1-3H3,(H2,17,21)(H,18,22)/t10-,11?,12+,16?/m1/s1. The molecule has 0 aromatic heterocycles. The number of carbonyl (C=O) groups excluding carboxylic acids is 3. The van der Waals surface area contributed by atoms with Gasteiger partial charge in [0.15, 0.2) is 0 Å². The molecule has 130 valence electrons. The Bertz CT molecular complexity index is 496. The van der Waals surface area contributed by atoms with Crippen molar-refractivity contribution in [3.05, 3.63) is 0 Å². The van der Waals surface area contributed by atoms with Crippen molar-refractivity contribution in [2.75, 3.05) is 6.54 Å². The molecule has 7 nitrogen and oxygen atoms in total. The van der Waals surface area contributed by atoms with E-state index in [9.17, 15) is 19.5 Å². The Kier molecular flexibility index (Phi) is 4.98. The zero-order valence-corrected chi connectivity index (χ0v) is 14.0. The van der Waals surface area contributed by atoms with Crippen LogP contribution in [-0.4, -0.2) is 52.5 Å². The van der Waals surface area contributed by atoms with Crippen LogP contribution in [0.1, 0.15) is 46.5 Å². The van der Waals surface area contributed by atoms with E-state index in [0.29, 0.717) is 19.4 Å². The van der Waals surface area contributed by atoms with Crippen molar-refractivity contribution in [2.45, 2.75) is 64.6 Å². The van der Waals surface area contributed by atoms with E-state index in [4.69, 9.17) is 5.73 Å². The number of likely N-dealkylation sites (tertiary alicyclic amines) is 1. The van der Waals surface area contributed by atoms with Gasteiger partial charge in [0.25, 0.3) is 0 Å². The summed E-state index contributed by atoms with van der Waals surface area (Å²) >= 11 is 0. The van der Waals surface area contributed by atoms with Crippen molar-refractivity contribution in [3.8, 4) is 0 Å². The molecule has 1 aliphatic carbocycles. The molecule has 0 bridgehead atoms.